The van der Waals surface area contributed by atoms with Crippen molar-refractivity contribution in [2.45, 2.75) is 4.90 Å². The van der Waals surface area contributed by atoms with Crippen molar-refractivity contribution in [3.63, 3.8) is 0 Å². The summed E-state index contributed by atoms with van der Waals surface area (Å²) in [6, 6.07) is 8.73. The molecule has 0 amide bonds. The molecule has 53 valence electrons. The van der Waals surface area contributed by atoms with Gasteiger partial charge in [-0.25, -0.2) is 0 Å². The maximum Gasteiger partial charge on any atom is 0.120 e. The summed E-state index contributed by atoms with van der Waals surface area (Å²) in [7, 11) is 1.66. The average molecular weight is 153 g/mol. The van der Waals surface area contributed by atoms with Crippen LogP contribution < -0.4 is 4.74 Å². The summed E-state index contributed by atoms with van der Waals surface area (Å²) in [5, 5.41) is 0. The van der Waals surface area contributed by atoms with Gasteiger partial charge in [-0.05, 0) is 30.5 Å². The Balaban J connectivity index is 2.87. The van der Waals surface area contributed by atoms with Crippen molar-refractivity contribution in [3.05, 3.63) is 24.3 Å². The summed E-state index contributed by atoms with van der Waals surface area (Å²) in [4.78, 5) is 1.18. The van der Waals surface area contributed by atoms with Gasteiger partial charge in [-0.15, -0.1) is 11.8 Å². The second-order valence-corrected chi connectivity index (χ2v) is 2.69. The van der Waals surface area contributed by atoms with Crippen LogP contribution in [0.15, 0.2) is 23.1 Å². The molecule has 0 aliphatic carbocycles. The predicted molar refractivity (Wildman–Crippen MR) is 43.6 cm³/mol. The predicted octanol–water partition coefficient (Wildman–Crippen LogP) is 2.22. The summed E-state index contributed by atoms with van der Waals surface area (Å²) >= 11 is 1.69. The lowest BCUT2D eigenvalue weighted by Gasteiger charge is -1.99. The van der Waals surface area contributed by atoms with Crippen molar-refractivity contribution in [1.29, 1.82) is 0 Å². The Morgan fingerprint density at radius 3 is 2.90 bits per heavy atom. The van der Waals surface area contributed by atoms with E-state index in [1.807, 2.05) is 24.5 Å². The van der Waals surface area contributed by atoms with E-state index in [0.29, 0.717) is 0 Å². The van der Waals surface area contributed by atoms with Crippen molar-refractivity contribution in [3.8, 4) is 5.75 Å². The first-order valence-corrected chi connectivity index (χ1v) is 4.18. The molecule has 1 rings (SSSR count). The van der Waals surface area contributed by atoms with Crippen LogP contribution in [-0.2, 0) is 0 Å². The van der Waals surface area contributed by atoms with E-state index < -0.39 is 0 Å². The molecule has 0 saturated carbocycles. The topological polar surface area (TPSA) is 9.23 Å². The first-order valence-electron chi connectivity index (χ1n) is 2.96. The molecule has 0 saturated heterocycles. The third-order valence-electron chi connectivity index (χ3n) is 1.21. The van der Waals surface area contributed by atoms with Gasteiger partial charge in [0.05, 0.1) is 7.11 Å². The third kappa shape index (κ3) is 1.67. The van der Waals surface area contributed by atoms with E-state index >= 15 is 0 Å². The summed E-state index contributed by atoms with van der Waals surface area (Å²) < 4.78 is 5.01. The highest BCUT2D eigenvalue weighted by molar-refractivity contribution is 7.98. The van der Waals surface area contributed by atoms with Crippen LogP contribution in [0.25, 0.3) is 0 Å². The number of hydrogen-bond acceptors (Lipinski definition) is 2. The Hall–Kier alpha value is -0.630. The van der Waals surface area contributed by atoms with E-state index in [0.717, 1.165) is 5.75 Å². The van der Waals surface area contributed by atoms with Crippen molar-refractivity contribution in [2.24, 2.45) is 0 Å². The molecule has 0 spiro atoms. The SMILES string of the molecule is COc1c[c]cc(SC)c1. The summed E-state index contributed by atoms with van der Waals surface area (Å²) in [5.41, 5.74) is 0. The van der Waals surface area contributed by atoms with Crippen molar-refractivity contribution < 1.29 is 4.74 Å². The molecule has 0 fully saturated rings. The lowest BCUT2D eigenvalue weighted by molar-refractivity contribution is 0.413. The highest BCUT2D eigenvalue weighted by atomic mass is 32.2. The first-order chi connectivity index (χ1) is 4.86. The molecule has 0 N–H and O–H groups in total. The lowest BCUT2D eigenvalue weighted by Crippen LogP contribution is -1.81. The van der Waals surface area contributed by atoms with E-state index in [-0.39, 0.29) is 0 Å². The van der Waals surface area contributed by atoms with Gasteiger partial charge in [0.25, 0.3) is 0 Å². The molecule has 0 aliphatic heterocycles. The standard InChI is InChI=1S/C8H9OS/c1-9-7-4-3-5-8(6-7)10-2/h4-6H,1-2H3. The van der Waals surface area contributed by atoms with E-state index in [9.17, 15) is 0 Å². The average Bonchev–Trinajstić information content (AvgIpc) is 2.05. The van der Waals surface area contributed by atoms with Crippen LogP contribution in [0.4, 0.5) is 0 Å². The number of ether oxygens (including phenoxy) is 1. The molecule has 1 aromatic rings. The smallest absolute Gasteiger partial charge is 0.120 e. The van der Waals surface area contributed by atoms with Gasteiger partial charge >= 0.3 is 0 Å². The van der Waals surface area contributed by atoms with Gasteiger partial charge in [-0.3, -0.25) is 0 Å². The first kappa shape index (κ1) is 7.48. The highest BCUT2D eigenvalue weighted by Gasteiger charge is 1.91. The van der Waals surface area contributed by atoms with Gasteiger partial charge < -0.3 is 4.74 Å². The summed E-state index contributed by atoms with van der Waals surface area (Å²) in [6.45, 7) is 0. The molecule has 0 atom stereocenters. The van der Waals surface area contributed by atoms with E-state index in [2.05, 4.69) is 6.07 Å². The van der Waals surface area contributed by atoms with Crippen molar-refractivity contribution >= 4 is 11.8 Å². The van der Waals surface area contributed by atoms with Crippen LogP contribution in [0.3, 0.4) is 0 Å². The number of thioether (sulfide) groups is 1. The number of rotatable bonds is 2. The van der Waals surface area contributed by atoms with Crippen molar-refractivity contribution in [1.82, 2.24) is 0 Å². The molecular formula is C8H9OS. The normalized spacial score (nSPS) is 9.40. The molecule has 1 aromatic carbocycles. The minimum absolute atomic E-state index is 0.867. The third-order valence-corrected chi connectivity index (χ3v) is 1.91. The van der Waals surface area contributed by atoms with E-state index in [4.69, 9.17) is 4.74 Å². The Bertz CT molecular complexity index is 191. The Kier molecular flexibility index (Phi) is 2.63. The van der Waals surface area contributed by atoms with Gasteiger partial charge in [0.2, 0.25) is 0 Å². The van der Waals surface area contributed by atoms with Crippen molar-refractivity contribution in [2.75, 3.05) is 13.4 Å². The lowest BCUT2D eigenvalue weighted by atomic mass is 10.3. The minimum atomic E-state index is 0.867. The maximum absolute atomic E-state index is 5.01. The summed E-state index contributed by atoms with van der Waals surface area (Å²) in [5.74, 6) is 0.867. The monoisotopic (exact) mass is 153 g/mol. The molecule has 0 unspecified atom stereocenters. The minimum Gasteiger partial charge on any atom is -0.497 e. The molecule has 2 heteroatoms. The van der Waals surface area contributed by atoms with Crippen LogP contribution in [-0.4, -0.2) is 13.4 Å². The van der Waals surface area contributed by atoms with Gasteiger partial charge in [0.15, 0.2) is 0 Å². The van der Waals surface area contributed by atoms with Gasteiger partial charge in [-0.2, -0.15) is 0 Å². The van der Waals surface area contributed by atoms with Crippen LogP contribution in [0.5, 0.6) is 5.75 Å². The zero-order valence-electron chi connectivity index (χ0n) is 6.05. The van der Waals surface area contributed by atoms with Gasteiger partial charge in [0, 0.05) is 4.90 Å². The molecular weight excluding hydrogens is 144 g/mol. The maximum atomic E-state index is 5.01. The molecule has 1 nitrogen and oxygen atoms in total. The zero-order chi connectivity index (χ0) is 7.40. The van der Waals surface area contributed by atoms with Crippen LogP contribution in [0.2, 0.25) is 0 Å². The highest BCUT2D eigenvalue weighted by Crippen LogP contribution is 2.19. The zero-order valence-corrected chi connectivity index (χ0v) is 6.87. The fraction of sp³-hybridized carbons (Fsp3) is 0.250. The van der Waals surface area contributed by atoms with Crippen LogP contribution >= 0.6 is 11.8 Å². The van der Waals surface area contributed by atoms with Gasteiger partial charge in [0.1, 0.15) is 5.75 Å². The molecule has 0 bridgehead atoms. The molecule has 0 aliphatic rings. The van der Waals surface area contributed by atoms with E-state index in [1.54, 1.807) is 18.9 Å². The number of methoxy groups -OCH3 is 1. The fourth-order valence-corrected chi connectivity index (χ4v) is 1.09. The molecule has 0 heterocycles. The second-order valence-electron chi connectivity index (χ2n) is 1.81. The Labute approximate surface area is 65.4 Å². The van der Waals surface area contributed by atoms with Crippen LogP contribution in [0.1, 0.15) is 0 Å². The fourth-order valence-electron chi connectivity index (χ4n) is 0.665. The Morgan fingerprint density at radius 2 is 2.30 bits per heavy atom. The molecule has 10 heavy (non-hydrogen) atoms. The second kappa shape index (κ2) is 3.52. The van der Waals surface area contributed by atoms with E-state index in [1.165, 1.54) is 4.90 Å². The van der Waals surface area contributed by atoms with Gasteiger partial charge in [-0.1, -0.05) is 0 Å². The Morgan fingerprint density at radius 1 is 1.50 bits per heavy atom. The molecule has 1 radical (unpaired) electrons. The largest absolute Gasteiger partial charge is 0.497 e. The molecule has 0 aromatic heterocycles. The quantitative estimate of drug-likeness (QED) is 0.602. The van der Waals surface area contributed by atoms with Crippen LogP contribution in [0, 0.1) is 6.07 Å². The number of hydrogen-bond donors (Lipinski definition) is 0. The summed E-state index contributed by atoms with van der Waals surface area (Å²) in [6.07, 6.45) is 2.03. The number of benzene rings is 1.